The molecule has 3 unspecified atom stereocenters. The van der Waals surface area contributed by atoms with Crippen molar-refractivity contribution in [1.29, 1.82) is 0 Å². The molecule has 2 nitrogen and oxygen atoms in total. The maximum Gasteiger partial charge on any atom is 0.119 e. The van der Waals surface area contributed by atoms with Gasteiger partial charge in [0.1, 0.15) is 5.75 Å². The SMILES string of the molecule is CCCNC1c2cc(OC)ccc2CC1SCC(C)CC. The number of ether oxygens (including phenoxy) is 1. The average molecular weight is 308 g/mol. The van der Waals surface area contributed by atoms with E-state index in [9.17, 15) is 0 Å². The second-order valence-electron chi connectivity index (χ2n) is 6.09. The minimum atomic E-state index is 0.476. The molecule has 0 saturated heterocycles. The van der Waals surface area contributed by atoms with Gasteiger partial charge in [-0.05, 0) is 54.3 Å². The number of hydrogen-bond acceptors (Lipinski definition) is 3. The maximum absolute atomic E-state index is 5.41. The fourth-order valence-corrected chi connectivity index (χ4v) is 4.36. The summed E-state index contributed by atoms with van der Waals surface area (Å²) in [5, 5.41) is 4.41. The van der Waals surface area contributed by atoms with Crippen molar-refractivity contribution in [2.45, 2.75) is 51.3 Å². The maximum atomic E-state index is 5.41. The summed E-state index contributed by atoms with van der Waals surface area (Å²) >= 11 is 2.14. The van der Waals surface area contributed by atoms with Gasteiger partial charge in [-0.15, -0.1) is 0 Å². The van der Waals surface area contributed by atoms with Crippen molar-refractivity contribution in [2.75, 3.05) is 19.4 Å². The standard InChI is InChI=1S/C18H29NOS/c1-5-9-19-18-16-11-15(20-4)8-7-14(16)10-17(18)21-12-13(3)6-2/h7-8,11,13,17-19H,5-6,9-10,12H2,1-4H3. The molecular formula is C18H29NOS. The third-order valence-corrected chi connectivity index (χ3v) is 6.02. The van der Waals surface area contributed by atoms with Crippen LogP contribution >= 0.6 is 11.8 Å². The van der Waals surface area contributed by atoms with Gasteiger partial charge in [0.05, 0.1) is 7.11 Å². The topological polar surface area (TPSA) is 21.3 Å². The van der Waals surface area contributed by atoms with Gasteiger partial charge >= 0.3 is 0 Å². The molecule has 1 aliphatic carbocycles. The van der Waals surface area contributed by atoms with Gasteiger partial charge in [-0.2, -0.15) is 11.8 Å². The van der Waals surface area contributed by atoms with Crippen molar-refractivity contribution < 1.29 is 4.74 Å². The Hall–Kier alpha value is -0.670. The van der Waals surface area contributed by atoms with Crippen LogP contribution in [0.2, 0.25) is 0 Å². The molecule has 0 heterocycles. The number of hydrogen-bond donors (Lipinski definition) is 1. The molecule has 0 aliphatic heterocycles. The van der Waals surface area contributed by atoms with E-state index >= 15 is 0 Å². The first-order valence-electron chi connectivity index (χ1n) is 8.21. The summed E-state index contributed by atoms with van der Waals surface area (Å²) in [4.78, 5) is 0. The normalized spacial score (nSPS) is 22.1. The molecule has 1 aromatic rings. The summed E-state index contributed by atoms with van der Waals surface area (Å²) in [6, 6.07) is 7.05. The number of fused-ring (bicyclic) bond motifs is 1. The minimum absolute atomic E-state index is 0.476. The van der Waals surface area contributed by atoms with Gasteiger partial charge in [-0.25, -0.2) is 0 Å². The van der Waals surface area contributed by atoms with E-state index in [1.165, 1.54) is 36.1 Å². The van der Waals surface area contributed by atoms with Gasteiger partial charge in [0.15, 0.2) is 0 Å². The second kappa shape index (κ2) is 8.09. The molecule has 0 spiro atoms. The molecule has 1 aromatic carbocycles. The Morgan fingerprint density at radius 2 is 2.19 bits per heavy atom. The van der Waals surface area contributed by atoms with E-state index in [0.29, 0.717) is 11.3 Å². The Morgan fingerprint density at radius 1 is 1.38 bits per heavy atom. The van der Waals surface area contributed by atoms with Crippen LogP contribution in [-0.2, 0) is 6.42 Å². The van der Waals surface area contributed by atoms with E-state index in [4.69, 9.17) is 4.74 Å². The number of benzene rings is 1. The van der Waals surface area contributed by atoms with Gasteiger partial charge in [-0.1, -0.05) is 33.3 Å². The highest BCUT2D eigenvalue weighted by atomic mass is 32.2. The van der Waals surface area contributed by atoms with E-state index in [-0.39, 0.29) is 0 Å². The highest BCUT2D eigenvalue weighted by molar-refractivity contribution is 7.99. The summed E-state index contributed by atoms with van der Waals surface area (Å²) in [5.74, 6) is 3.04. The number of nitrogens with one attached hydrogen (secondary N) is 1. The Bertz CT molecular complexity index is 449. The zero-order valence-corrected chi connectivity index (χ0v) is 14.6. The number of methoxy groups -OCH3 is 1. The fourth-order valence-electron chi connectivity index (χ4n) is 2.81. The van der Waals surface area contributed by atoms with E-state index in [2.05, 4.69) is 56.0 Å². The lowest BCUT2D eigenvalue weighted by Crippen LogP contribution is -2.28. The largest absolute Gasteiger partial charge is 0.497 e. The summed E-state index contributed by atoms with van der Waals surface area (Å²) in [7, 11) is 1.75. The molecule has 2 rings (SSSR count). The van der Waals surface area contributed by atoms with Crippen molar-refractivity contribution in [2.24, 2.45) is 5.92 Å². The zero-order valence-electron chi connectivity index (χ0n) is 13.8. The summed E-state index contributed by atoms with van der Waals surface area (Å²) in [5.41, 5.74) is 2.94. The Labute approximate surface area is 134 Å². The minimum Gasteiger partial charge on any atom is -0.497 e. The van der Waals surface area contributed by atoms with Crippen molar-refractivity contribution in [3.05, 3.63) is 29.3 Å². The predicted molar refractivity (Wildman–Crippen MR) is 93.4 cm³/mol. The molecular weight excluding hydrogens is 278 g/mol. The third-order valence-electron chi connectivity index (χ3n) is 4.39. The molecule has 0 fully saturated rings. The van der Waals surface area contributed by atoms with Crippen LogP contribution in [0.4, 0.5) is 0 Å². The van der Waals surface area contributed by atoms with E-state index < -0.39 is 0 Å². The summed E-state index contributed by atoms with van der Waals surface area (Å²) in [6.45, 7) is 7.95. The molecule has 0 amide bonds. The van der Waals surface area contributed by atoms with Crippen LogP contribution in [0.15, 0.2) is 18.2 Å². The van der Waals surface area contributed by atoms with E-state index in [1.54, 1.807) is 7.11 Å². The van der Waals surface area contributed by atoms with E-state index in [0.717, 1.165) is 18.2 Å². The van der Waals surface area contributed by atoms with Crippen LogP contribution in [0.1, 0.15) is 50.8 Å². The lowest BCUT2D eigenvalue weighted by Gasteiger charge is -2.23. The monoisotopic (exact) mass is 307 g/mol. The molecule has 118 valence electrons. The highest BCUT2D eigenvalue weighted by Crippen LogP contribution is 2.40. The first kappa shape index (κ1) is 16.7. The van der Waals surface area contributed by atoms with Crippen molar-refractivity contribution in [3.8, 4) is 5.75 Å². The van der Waals surface area contributed by atoms with Gasteiger partial charge in [0.25, 0.3) is 0 Å². The quantitative estimate of drug-likeness (QED) is 0.767. The Balaban J connectivity index is 2.11. The molecule has 3 heteroatoms. The van der Waals surface area contributed by atoms with Crippen molar-refractivity contribution >= 4 is 11.8 Å². The highest BCUT2D eigenvalue weighted by Gasteiger charge is 2.32. The van der Waals surface area contributed by atoms with Crippen LogP contribution in [0.5, 0.6) is 5.75 Å². The molecule has 1 aliphatic rings. The Morgan fingerprint density at radius 3 is 2.86 bits per heavy atom. The Kier molecular flexibility index (Phi) is 6.43. The van der Waals surface area contributed by atoms with Crippen molar-refractivity contribution in [3.63, 3.8) is 0 Å². The van der Waals surface area contributed by atoms with E-state index in [1.807, 2.05) is 0 Å². The molecule has 21 heavy (non-hydrogen) atoms. The molecule has 1 N–H and O–H groups in total. The van der Waals surface area contributed by atoms with Gasteiger partial charge < -0.3 is 10.1 Å². The lowest BCUT2D eigenvalue weighted by atomic mass is 10.1. The van der Waals surface area contributed by atoms with Crippen LogP contribution < -0.4 is 10.1 Å². The molecule has 0 aromatic heterocycles. The molecule has 0 radical (unpaired) electrons. The summed E-state index contributed by atoms with van der Waals surface area (Å²) in [6.07, 6.45) is 3.63. The average Bonchev–Trinajstić information content (AvgIpc) is 2.87. The number of rotatable bonds is 8. The first-order chi connectivity index (χ1) is 10.2. The van der Waals surface area contributed by atoms with Crippen molar-refractivity contribution in [1.82, 2.24) is 5.32 Å². The van der Waals surface area contributed by atoms with Gasteiger partial charge in [0.2, 0.25) is 0 Å². The smallest absolute Gasteiger partial charge is 0.119 e. The number of thioether (sulfide) groups is 1. The van der Waals surface area contributed by atoms with Crippen LogP contribution in [-0.4, -0.2) is 24.7 Å². The van der Waals surface area contributed by atoms with Gasteiger partial charge in [-0.3, -0.25) is 0 Å². The van der Waals surface area contributed by atoms with Crippen LogP contribution in [0.3, 0.4) is 0 Å². The second-order valence-corrected chi connectivity index (χ2v) is 7.36. The molecule has 0 bridgehead atoms. The predicted octanol–water partition coefficient (Wildman–Crippen LogP) is 4.44. The van der Waals surface area contributed by atoms with Crippen LogP contribution in [0, 0.1) is 5.92 Å². The first-order valence-corrected chi connectivity index (χ1v) is 9.26. The zero-order chi connectivity index (χ0) is 15.2. The van der Waals surface area contributed by atoms with Gasteiger partial charge in [0, 0.05) is 11.3 Å². The lowest BCUT2D eigenvalue weighted by molar-refractivity contribution is 0.413. The fraction of sp³-hybridized carbons (Fsp3) is 0.667. The molecule has 0 saturated carbocycles. The summed E-state index contributed by atoms with van der Waals surface area (Å²) < 4.78 is 5.41. The third kappa shape index (κ3) is 4.17. The van der Waals surface area contributed by atoms with Crippen LogP contribution in [0.25, 0.3) is 0 Å². The molecule has 3 atom stereocenters.